The van der Waals surface area contributed by atoms with Crippen LogP contribution >= 0.6 is 0 Å². The number of imide groups is 1. The van der Waals surface area contributed by atoms with Gasteiger partial charge in [0, 0.05) is 82.8 Å². The molecule has 2 saturated heterocycles. The predicted octanol–water partition coefficient (Wildman–Crippen LogP) is 3.80. The Morgan fingerprint density at radius 2 is 1.54 bits per heavy atom. The number of aromatic amines is 2. The Labute approximate surface area is 361 Å². The number of H-pyrrole nitrogens is 2. The fourth-order valence-corrected chi connectivity index (χ4v) is 8.37. The van der Waals surface area contributed by atoms with Crippen LogP contribution in [0.3, 0.4) is 0 Å². The quantitative estimate of drug-likeness (QED) is 0.0607. The molecule has 0 spiro atoms. The van der Waals surface area contributed by atoms with E-state index in [4.69, 9.17) is 20.2 Å². The van der Waals surface area contributed by atoms with Crippen LogP contribution in [0, 0.1) is 22.9 Å². The van der Waals surface area contributed by atoms with Gasteiger partial charge in [-0.25, -0.2) is 9.37 Å². The van der Waals surface area contributed by atoms with Gasteiger partial charge in [0.25, 0.3) is 29.0 Å². The molecular weight excluding hydrogens is 816 g/mol. The van der Waals surface area contributed by atoms with Crippen molar-refractivity contribution in [3.8, 4) is 11.4 Å². The molecule has 3 aromatic carbocycles. The maximum Gasteiger partial charge on any atom is 0.292 e. The van der Waals surface area contributed by atoms with E-state index in [1.807, 2.05) is 30.9 Å². The molecule has 5 N–H and O–H groups in total. The van der Waals surface area contributed by atoms with Crippen LogP contribution in [-0.4, -0.2) is 142 Å². The molecule has 63 heavy (non-hydrogen) atoms. The van der Waals surface area contributed by atoms with E-state index in [2.05, 4.69) is 25.1 Å². The maximum atomic E-state index is 13.8. The van der Waals surface area contributed by atoms with Crippen LogP contribution in [0.4, 0.5) is 21.5 Å². The SMILES string of the molecule is Cc1ccc(F)cc1C[C@H](C)Nc1cc[nH]c(=O)c1-c1nc2cc3c(cc2[nH]1)CN(CCN1CCOCC1)C3=O.Nc1cc2c(cc1[N+](=O)[O-])C(=O)N(CCN1CCOCC1)C2=O. The molecule has 0 saturated carbocycles. The molecule has 0 bridgehead atoms. The molecule has 4 aliphatic rings. The molecule has 18 nitrogen and oxygen atoms in total. The van der Waals surface area contributed by atoms with Gasteiger partial charge in [0.1, 0.15) is 22.9 Å². The topological polar surface area (TPSA) is 225 Å². The fraction of sp³-hybridized carbons (Fsp3) is 0.386. The number of rotatable bonds is 12. The first-order valence-corrected chi connectivity index (χ1v) is 20.9. The number of carbonyl (C=O) groups is 3. The number of nitrogen functional groups attached to an aromatic ring is 1. The standard InChI is InChI=1S/C30H33FN6O3.C14H16N4O5/c1-18-3-4-22(31)14-20(18)13-19(2)33-24-5-6-32-29(38)27(24)28-34-25-15-21-17-37(8-7-36-9-11-40-12-10-36)30(39)23(21)16-26(25)35-28;15-11-7-9-10(8-12(11)18(21)22)14(20)17(13(9)19)2-1-16-3-5-23-6-4-16/h3-6,14-16,19H,7-13,17H2,1-2H3,(H,34,35)(H2,32,33,38);7-8H,1-6,15H2/t19-;/m0./s1. The monoisotopic (exact) mass is 864 g/mol. The highest BCUT2D eigenvalue weighted by Gasteiger charge is 2.38. The molecule has 2 aromatic heterocycles. The highest BCUT2D eigenvalue weighted by molar-refractivity contribution is 6.22. The maximum absolute atomic E-state index is 13.8. The summed E-state index contributed by atoms with van der Waals surface area (Å²) in [5.74, 6) is -0.802. The number of halogens is 1. The molecule has 5 aromatic rings. The smallest absolute Gasteiger partial charge is 0.292 e. The molecular formula is C44H49FN10O8. The molecule has 1 atom stereocenters. The number of amides is 3. The second kappa shape index (κ2) is 18.4. The van der Waals surface area contributed by atoms with Crippen molar-refractivity contribution in [1.29, 1.82) is 0 Å². The van der Waals surface area contributed by atoms with Crippen LogP contribution in [0.5, 0.6) is 0 Å². The van der Waals surface area contributed by atoms with E-state index < -0.39 is 16.7 Å². The average molecular weight is 865 g/mol. The van der Waals surface area contributed by atoms with Crippen molar-refractivity contribution in [3.05, 3.63) is 114 Å². The van der Waals surface area contributed by atoms with Crippen molar-refractivity contribution in [1.82, 2.24) is 34.6 Å². The van der Waals surface area contributed by atoms with Gasteiger partial charge >= 0.3 is 0 Å². The van der Waals surface area contributed by atoms with Crippen LogP contribution < -0.4 is 16.6 Å². The number of hydrogen-bond acceptors (Lipinski definition) is 13. The number of nitro benzene ring substituents is 1. The van der Waals surface area contributed by atoms with Crippen molar-refractivity contribution in [2.45, 2.75) is 32.9 Å². The zero-order chi connectivity index (χ0) is 44.4. The highest BCUT2D eigenvalue weighted by atomic mass is 19.1. The van der Waals surface area contributed by atoms with E-state index in [0.29, 0.717) is 67.4 Å². The largest absolute Gasteiger partial charge is 0.393 e. The van der Waals surface area contributed by atoms with Crippen LogP contribution in [0.15, 0.2) is 59.5 Å². The second-order valence-corrected chi connectivity index (χ2v) is 16.1. The van der Waals surface area contributed by atoms with Crippen LogP contribution in [-0.2, 0) is 22.4 Å². The third-order valence-electron chi connectivity index (χ3n) is 11.9. The van der Waals surface area contributed by atoms with Crippen LogP contribution in [0.25, 0.3) is 22.4 Å². The van der Waals surface area contributed by atoms with Crippen molar-refractivity contribution >= 4 is 45.8 Å². The van der Waals surface area contributed by atoms with Gasteiger partial charge in [-0.2, -0.15) is 0 Å². The fourth-order valence-electron chi connectivity index (χ4n) is 8.37. The van der Waals surface area contributed by atoms with E-state index in [9.17, 15) is 33.7 Å². The first-order chi connectivity index (χ1) is 30.3. The molecule has 0 aliphatic carbocycles. The predicted molar refractivity (Wildman–Crippen MR) is 232 cm³/mol. The minimum absolute atomic E-state index is 0.0103. The summed E-state index contributed by atoms with van der Waals surface area (Å²) in [7, 11) is 0. The lowest BCUT2D eigenvalue weighted by Gasteiger charge is -2.28. The van der Waals surface area contributed by atoms with E-state index in [1.165, 1.54) is 12.1 Å². The summed E-state index contributed by atoms with van der Waals surface area (Å²) in [6, 6.07) is 12.6. The number of nitrogens with two attached hydrogens (primary N) is 1. The van der Waals surface area contributed by atoms with Gasteiger partial charge in [-0.15, -0.1) is 0 Å². The van der Waals surface area contributed by atoms with Gasteiger partial charge in [0.15, 0.2) is 0 Å². The third kappa shape index (κ3) is 9.31. The Balaban J connectivity index is 0.000000201. The third-order valence-corrected chi connectivity index (χ3v) is 11.9. The number of carbonyl (C=O) groups excluding carboxylic acids is 3. The highest BCUT2D eigenvalue weighted by Crippen LogP contribution is 2.33. The number of pyridine rings is 1. The number of nitro groups is 1. The molecule has 330 valence electrons. The second-order valence-electron chi connectivity index (χ2n) is 16.1. The minimum atomic E-state index is -0.663. The van der Waals surface area contributed by atoms with E-state index >= 15 is 0 Å². The number of nitrogens with one attached hydrogen (secondary N) is 3. The molecule has 0 radical (unpaired) electrons. The van der Waals surface area contributed by atoms with Gasteiger partial charge in [-0.05, 0) is 73.4 Å². The number of benzene rings is 3. The first kappa shape index (κ1) is 43.1. The zero-order valence-corrected chi connectivity index (χ0v) is 35.1. The summed E-state index contributed by atoms with van der Waals surface area (Å²) >= 11 is 0. The van der Waals surface area contributed by atoms with Gasteiger partial charge in [0.2, 0.25) is 0 Å². The molecule has 19 heteroatoms. The Kier molecular flexibility index (Phi) is 12.6. The first-order valence-electron chi connectivity index (χ1n) is 20.9. The van der Waals surface area contributed by atoms with Gasteiger partial charge in [0.05, 0.1) is 59.2 Å². The van der Waals surface area contributed by atoms with Crippen LogP contribution in [0.2, 0.25) is 0 Å². The molecule has 3 amide bonds. The normalized spacial score (nSPS) is 17.2. The number of imidazole rings is 1. The Bertz CT molecular complexity index is 2640. The van der Waals surface area contributed by atoms with Gasteiger partial charge in [-0.1, -0.05) is 6.07 Å². The zero-order valence-electron chi connectivity index (χ0n) is 35.1. The molecule has 9 rings (SSSR count). The summed E-state index contributed by atoms with van der Waals surface area (Å²) < 4.78 is 24.5. The molecule has 2 fully saturated rings. The Morgan fingerprint density at radius 1 is 0.873 bits per heavy atom. The van der Waals surface area contributed by atoms with E-state index in [1.54, 1.807) is 24.4 Å². The lowest BCUT2D eigenvalue weighted by Crippen LogP contribution is -2.42. The number of aromatic nitrogens is 3. The lowest BCUT2D eigenvalue weighted by atomic mass is 10.0. The number of anilines is 2. The number of nitrogens with zero attached hydrogens (tertiary/aromatic N) is 6. The van der Waals surface area contributed by atoms with E-state index in [0.717, 1.165) is 79.1 Å². The number of fused-ring (bicyclic) bond motifs is 3. The van der Waals surface area contributed by atoms with Crippen LogP contribution in [0.1, 0.15) is 54.7 Å². The molecule has 4 aliphatic heterocycles. The Morgan fingerprint density at radius 3 is 2.22 bits per heavy atom. The van der Waals surface area contributed by atoms with Crippen molar-refractivity contribution in [3.63, 3.8) is 0 Å². The van der Waals surface area contributed by atoms with Gasteiger partial charge in [-0.3, -0.25) is 44.0 Å². The summed E-state index contributed by atoms with van der Waals surface area (Å²) in [4.78, 5) is 79.3. The summed E-state index contributed by atoms with van der Waals surface area (Å²) in [5, 5.41) is 14.3. The van der Waals surface area contributed by atoms with Crippen molar-refractivity contribution < 1.29 is 33.2 Å². The van der Waals surface area contributed by atoms with Crippen molar-refractivity contribution in [2.75, 3.05) is 89.8 Å². The number of hydrogen-bond donors (Lipinski definition) is 4. The summed E-state index contributed by atoms with van der Waals surface area (Å²) in [6.45, 7) is 12.8. The Hall–Kier alpha value is -6.54. The van der Waals surface area contributed by atoms with Gasteiger partial charge < -0.3 is 35.4 Å². The molecule has 0 unspecified atom stereocenters. The van der Waals surface area contributed by atoms with E-state index in [-0.39, 0.29) is 52.4 Å². The number of aryl methyl sites for hydroxylation is 1. The lowest BCUT2D eigenvalue weighted by molar-refractivity contribution is -0.383. The summed E-state index contributed by atoms with van der Waals surface area (Å²) in [5.41, 5.74) is 11.0. The number of ether oxygens (including phenoxy) is 2. The average Bonchev–Trinajstić information content (AvgIpc) is 3.89. The summed E-state index contributed by atoms with van der Waals surface area (Å²) in [6.07, 6.45) is 2.18. The molecule has 6 heterocycles. The minimum Gasteiger partial charge on any atom is -0.393 e. The number of morpholine rings is 2. The van der Waals surface area contributed by atoms with Crippen molar-refractivity contribution in [2.24, 2.45) is 0 Å².